The first-order valence-corrected chi connectivity index (χ1v) is 7.94. The molecule has 4 amide bonds. The summed E-state index contributed by atoms with van der Waals surface area (Å²) in [6.07, 6.45) is -1.55. The first kappa shape index (κ1) is 24.7. The van der Waals surface area contributed by atoms with E-state index in [1.165, 1.54) is 0 Å². The zero-order valence-electron chi connectivity index (χ0n) is 14.7. The lowest BCUT2D eigenvalue weighted by Gasteiger charge is -2.20. The van der Waals surface area contributed by atoms with E-state index in [1.807, 2.05) is 10.6 Å². The number of nitrogens with two attached hydrogens (primary N) is 2. The normalized spacial score (nSPS) is 13.5. The molecule has 10 N–H and O–H groups in total. The molecule has 3 atom stereocenters. The van der Waals surface area contributed by atoms with Gasteiger partial charge in [-0.3, -0.25) is 24.0 Å². The number of carboxylic acid groups (broad SMARTS) is 2. The Bertz CT molecular complexity index is 624. The second-order valence-electron chi connectivity index (χ2n) is 5.63. The number of rotatable bonds is 13. The number of hydrogen-bond acceptors (Lipinski definition) is 8. The maximum atomic E-state index is 12.2. The fourth-order valence-electron chi connectivity index (χ4n) is 1.83. The van der Waals surface area contributed by atoms with Gasteiger partial charge in [-0.15, -0.1) is 0 Å². The van der Waals surface area contributed by atoms with Crippen molar-refractivity contribution >= 4 is 35.6 Å². The van der Waals surface area contributed by atoms with Crippen molar-refractivity contribution in [2.24, 2.45) is 11.5 Å². The minimum atomic E-state index is -1.65. The number of aliphatic hydroxyl groups excluding tert-OH is 1. The number of aliphatic hydroxyl groups is 1. The third kappa shape index (κ3) is 10.0. The lowest BCUT2D eigenvalue weighted by molar-refractivity contribution is -0.143. The summed E-state index contributed by atoms with van der Waals surface area (Å²) in [5, 5.41) is 32.7. The predicted molar refractivity (Wildman–Crippen MR) is 90.2 cm³/mol. The molecule has 0 aromatic heterocycles. The Balaban J connectivity index is 4.94. The molecule has 158 valence electrons. The van der Waals surface area contributed by atoms with E-state index in [-0.39, 0.29) is 12.8 Å². The van der Waals surface area contributed by atoms with Gasteiger partial charge >= 0.3 is 11.9 Å². The highest BCUT2D eigenvalue weighted by Crippen LogP contribution is 2.01. The minimum absolute atomic E-state index is 0.334. The molecule has 0 aromatic rings. The van der Waals surface area contributed by atoms with Crippen LogP contribution in [0.2, 0.25) is 0 Å². The van der Waals surface area contributed by atoms with Crippen LogP contribution in [0.4, 0.5) is 0 Å². The van der Waals surface area contributed by atoms with Gasteiger partial charge in [-0.05, 0) is 6.42 Å². The van der Waals surface area contributed by atoms with Gasteiger partial charge in [0.25, 0.3) is 0 Å². The summed E-state index contributed by atoms with van der Waals surface area (Å²) in [7, 11) is 0. The molecule has 28 heavy (non-hydrogen) atoms. The molecule has 0 aliphatic carbocycles. The van der Waals surface area contributed by atoms with Crippen molar-refractivity contribution in [1.29, 1.82) is 0 Å². The third-order valence-electron chi connectivity index (χ3n) is 3.28. The van der Waals surface area contributed by atoms with Crippen LogP contribution < -0.4 is 27.4 Å². The van der Waals surface area contributed by atoms with Gasteiger partial charge in [-0.2, -0.15) is 0 Å². The molecule has 0 spiro atoms. The third-order valence-corrected chi connectivity index (χ3v) is 3.28. The fraction of sp³-hybridized carbons (Fsp3) is 0.571. The smallest absolute Gasteiger partial charge is 0.326 e. The average molecular weight is 405 g/mol. The summed E-state index contributed by atoms with van der Waals surface area (Å²) >= 11 is 0. The molecule has 3 unspecified atom stereocenters. The first-order chi connectivity index (χ1) is 13.0. The monoisotopic (exact) mass is 405 g/mol. The number of carboxylic acids is 2. The Kier molecular flexibility index (Phi) is 10.8. The van der Waals surface area contributed by atoms with Gasteiger partial charge in [0.05, 0.1) is 19.6 Å². The van der Waals surface area contributed by atoms with Crippen molar-refractivity contribution in [3.63, 3.8) is 0 Å². The van der Waals surface area contributed by atoms with Crippen molar-refractivity contribution in [2.45, 2.75) is 37.4 Å². The quantitative estimate of drug-likeness (QED) is 0.145. The lowest BCUT2D eigenvalue weighted by Crippen LogP contribution is -2.54. The van der Waals surface area contributed by atoms with Gasteiger partial charge in [0.15, 0.2) is 0 Å². The summed E-state index contributed by atoms with van der Waals surface area (Å²) in [5.74, 6) is -6.67. The molecule has 0 fully saturated rings. The summed E-state index contributed by atoms with van der Waals surface area (Å²) in [6, 6.07) is -4.45. The first-order valence-electron chi connectivity index (χ1n) is 7.94. The molecular weight excluding hydrogens is 382 g/mol. The standard InChI is InChI=1S/C14H23N5O9/c15-6(5-20)12(25)17-4-10(22)18-8(3-11(23)24)13(26)19-7(14(27)28)1-2-9(16)21/h6-8,20H,1-5,15H2,(H2,16,21)(H,17,25)(H,18,22)(H,19,26)(H,23,24)(H,27,28). The largest absolute Gasteiger partial charge is 0.481 e. The predicted octanol–water partition coefficient (Wildman–Crippen LogP) is -4.78. The van der Waals surface area contributed by atoms with Gasteiger partial charge in [0.1, 0.15) is 18.1 Å². The number of carbonyl (C=O) groups is 6. The number of primary amides is 1. The lowest BCUT2D eigenvalue weighted by atomic mass is 10.1. The molecule has 0 bridgehead atoms. The zero-order chi connectivity index (χ0) is 21.9. The molecule has 14 heteroatoms. The SMILES string of the molecule is NC(=O)CCC(NC(=O)C(CC(=O)O)NC(=O)CNC(=O)C(N)CO)C(=O)O. The summed E-state index contributed by atoms with van der Waals surface area (Å²) in [5.41, 5.74) is 10.1. The van der Waals surface area contributed by atoms with Crippen LogP contribution in [0.15, 0.2) is 0 Å². The Hall–Kier alpha value is -3.26. The molecule has 0 radical (unpaired) electrons. The Morgan fingerprint density at radius 2 is 1.54 bits per heavy atom. The molecule has 14 nitrogen and oxygen atoms in total. The fourth-order valence-corrected chi connectivity index (χ4v) is 1.83. The van der Waals surface area contributed by atoms with E-state index in [9.17, 15) is 28.8 Å². The highest BCUT2D eigenvalue weighted by atomic mass is 16.4. The van der Waals surface area contributed by atoms with Gasteiger partial charge < -0.3 is 42.7 Å². The molecule has 0 saturated carbocycles. The van der Waals surface area contributed by atoms with Gasteiger partial charge in [0, 0.05) is 6.42 Å². The van der Waals surface area contributed by atoms with Gasteiger partial charge in [-0.25, -0.2) is 4.79 Å². The van der Waals surface area contributed by atoms with Crippen LogP contribution >= 0.6 is 0 Å². The van der Waals surface area contributed by atoms with Crippen LogP contribution in [-0.4, -0.2) is 82.2 Å². The topological polar surface area (TPSA) is 251 Å². The van der Waals surface area contributed by atoms with E-state index in [4.69, 9.17) is 26.8 Å². The second kappa shape index (κ2) is 12.2. The maximum absolute atomic E-state index is 12.2. The van der Waals surface area contributed by atoms with Crippen molar-refractivity contribution in [2.75, 3.05) is 13.2 Å². The Labute approximate surface area is 158 Å². The summed E-state index contributed by atoms with van der Waals surface area (Å²) < 4.78 is 0. The van der Waals surface area contributed by atoms with Crippen LogP contribution in [-0.2, 0) is 28.8 Å². The number of amides is 4. The molecule has 0 rings (SSSR count). The van der Waals surface area contributed by atoms with Crippen molar-refractivity contribution in [1.82, 2.24) is 16.0 Å². The van der Waals surface area contributed by atoms with E-state index >= 15 is 0 Å². The molecule has 0 aliphatic heterocycles. The Morgan fingerprint density at radius 1 is 0.929 bits per heavy atom. The van der Waals surface area contributed by atoms with Crippen LogP contribution in [0, 0.1) is 0 Å². The van der Waals surface area contributed by atoms with Crippen LogP contribution in [0.3, 0.4) is 0 Å². The highest BCUT2D eigenvalue weighted by Gasteiger charge is 2.28. The van der Waals surface area contributed by atoms with Crippen molar-refractivity contribution in [3.8, 4) is 0 Å². The van der Waals surface area contributed by atoms with E-state index in [0.717, 1.165) is 0 Å². The van der Waals surface area contributed by atoms with Crippen LogP contribution in [0.5, 0.6) is 0 Å². The summed E-state index contributed by atoms with van der Waals surface area (Å²) in [6.45, 7) is -1.33. The number of hydrogen-bond donors (Lipinski definition) is 8. The molecular formula is C14H23N5O9. The van der Waals surface area contributed by atoms with Gasteiger partial charge in [-0.1, -0.05) is 0 Å². The summed E-state index contributed by atoms with van der Waals surface area (Å²) in [4.78, 5) is 68.1. The van der Waals surface area contributed by atoms with E-state index < -0.39 is 73.3 Å². The highest BCUT2D eigenvalue weighted by molar-refractivity contribution is 5.94. The molecule has 0 aromatic carbocycles. The number of carbonyl (C=O) groups excluding carboxylic acids is 4. The number of aliphatic carboxylic acids is 2. The van der Waals surface area contributed by atoms with E-state index in [2.05, 4.69) is 5.32 Å². The molecule has 0 heterocycles. The van der Waals surface area contributed by atoms with Crippen LogP contribution in [0.1, 0.15) is 19.3 Å². The second-order valence-corrected chi connectivity index (χ2v) is 5.63. The maximum Gasteiger partial charge on any atom is 0.326 e. The average Bonchev–Trinajstić information content (AvgIpc) is 2.60. The van der Waals surface area contributed by atoms with Crippen molar-refractivity contribution in [3.05, 3.63) is 0 Å². The van der Waals surface area contributed by atoms with Gasteiger partial charge in [0.2, 0.25) is 23.6 Å². The Morgan fingerprint density at radius 3 is 2.00 bits per heavy atom. The van der Waals surface area contributed by atoms with E-state index in [1.54, 1.807) is 0 Å². The zero-order valence-corrected chi connectivity index (χ0v) is 14.7. The van der Waals surface area contributed by atoms with E-state index in [0.29, 0.717) is 0 Å². The molecule has 0 saturated heterocycles. The molecule has 0 aliphatic rings. The van der Waals surface area contributed by atoms with Crippen molar-refractivity contribution < 1.29 is 44.1 Å². The minimum Gasteiger partial charge on any atom is -0.481 e. The van der Waals surface area contributed by atoms with Crippen LogP contribution in [0.25, 0.3) is 0 Å². The number of nitrogens with one attached hydrogen (secondary N) is 3.